The first-order chi connectivity index (χ1) is 9.13. The Hall–Kier alpha value is -1.98. The smallest absolute Gasteiger partial charge is 0.410 e. The number of aromatic nitrogens is 2. The van der Waals surface area contributed by atoms with Gasteiger partial charge in [0.1, 0.15) is 12.4 Å². The van der Waals surface area contributed by atoms with E-state index in [2.05, 4.69) is 16.8 Å². The molecule has 1 aromatic rings. The number of nitrogens with zero attached hydrogens (tertiary/aromatic N) is 2. The molecule has 1 aromatic heterocycles. The van der Waals surface area contributed by atoms with Crippen LogP contribution in [0.4, 0.5) is 10.6 Å². The summed E-state index contributed by atoms with van der Waals surface area (Å²) < 4.78 is 5.03. The van der Waals surface area contributed by atoms with Gasteiger partial charge in [0.15, 0.2) is 0 Å². The van der Waals surface area contributed by atoms with Crippen LogP contribution in [0.25, 0.3) is 0 Å². The van der Waals surface area contributed by atoms with Gasteiger partial charge in [-0.25, -0.2) is 4.79 Å². The van der Waals surface area contributed by atoms with Crippen molar-refractivity contribution in [3.05, 3.63) is 23.9 Å². The number of likely N-dealkylation sites (tertiary alicyclic amines) is 1. The van der Waals surface area contributed by atoms with Crippen molar-refractivity contribution in [1.82, 2.24) is 15.1 Å². The van der Waals surface area contributed by atoms with Gasteiger partial charge >= 0.3 is 6.09 Å². The van der Waals surface area contributed by atoms with E-state index in [0.717, 1.165) is 24.1 Å². The number of hydrogen-bond acceptors (Lipinski definition) is 4. The highest BCUT2D eigenvalue weighted by atomic mass is 16.6. The van der Waals surface area contributed by atoms with Gasteiger partial charge in [0.05, 0.1) is 0 Å². The lowest BCUT2D eigenvalue weighted by atomic mass is 9.92. The molecule has 19 heavy (non-hydrogen) atoms. The number of anilines is 1. The first kappa shape index (κ1) is 13.5. The topological polar surface area (TPSA) is 84.2 Å². The van der Waals surface area contributed by atoms with Crippen molar-refractivity contribution in [3.63, 3.8) is 0 Å². The number of nitrogens with two attached hydrogens (primary N) is 1. The molecule has 6 nitrogen and oxygen atoms in total. The van der Waals surface area contributed by atoms with E-state index in [0.29, 0.717) is 24.8 Å². The highest BCUT2D eigenvalue weighted by Crippen LogP contribution is 2.30. The van der Waals surface area contributed by atoms with Crippen molar-refractivity contribution < 1.29 is 9.53 Å². The number of ether oxygens (including phenoxy) is 1. The molecule has 3 N–H and O–H groups in total. The van der Waals surface area contributed by atoms with E-state index in [1.807, 2.05) is 6.92 Å². The van der Waals surface area contributed by atoms with Gasteiger partial charge in [-0.05, 0) is 19.8 Å². The van der Waals surface area contributed by atoms with Crippen LogP contribution in [0.5, 0.6) is 0 Å². The van der Waals surface area contributed by atoms with Crippen molar-refractivity contribution in [2.45, 2.75) is 25.7 Å². The number of amides is 1. The fraction of sp³-hybridized carbons (Fsp3) is 0.538. The molecule has 0 aromatic carbocycles. The molecule has 2 heterocycles. The molecular weight excluding hydrogens is 244 g/mol. The number of carbonyl (C=O) groups is 1. The van der Waals surface area contributed by atoms with E-state index in [1.54, 1.807) is 11.0 Å². The van der Waals surface area contributed by atoms with E-state index >= 15 is 0 Å². The molecule has 1 aliphatic heterocycles. The fourth-order valence-corrected chi connectivity index (χ4v) is 2.40. The SMILES string of the molecule is C=CCOC(=O)N1CCC(c2[nH]nc(N)c2C)CC1. The first-order valence-electron chi connectivity index (χ1n) is 6.46. The van der Waals surface area contributed by atoms with Gasteiger partial charge in [-0.2, -0.15) is 5.10 Å². The number of hydrogen-bond donors (Lipinski definition) is 2. The second kappa shape index (κ2) is 5.77. The summed E-state index contributed by atoms with van der Waals surface area (Å²) in [7, 11) is 0. The predicted molar refractivity (Wildman–Crippen MR) is 72.8 cm³/mol. The molecular formula is C13H20N4O2. The van der Waals surface area contributed by atoms with E-state index < -0.39 is 0 Å². The van der Waals surface area contributed by atoms with Crippen LogP contribution >= 0.6 is 0 Å². The van der Waals surface area contributed by atoms with Crippen LogP contribution in [0, 0.1) is 6.92 Å². The minimum Gasteiger partial charge on any atom is -0.445 e. The number of nitrogen functional groups attached to an aromatic ring is 1. The minimum absolute atomic E-state index is 0.259. The lowest BCUT2D eigenvalue weighted by molar-refractivity contribution is 0.102. The molecule has 1 saturated heterocycles. The zero-order valence-electron chi connectivity index (χ0n) is 11.2. The zero-order chi connectivity index (χ0) is 13.8. The van der Waals surface area contributed by atoms with Gasteiger partial charge < -0.3 is 15.4 Å². The second-order valence-corrected chi connectivity index (χ2v) is 4.77. The lowest BCUT2D eigenvalue weighted by Gasteiger charge is -2.30. The molecule has 0 aliphatic carbocycles. The average Bonchev–Trinajstić information content (AvgIpc) is 2.76. The standard InChI is InChI=1S/C13H20N4O2/c1-3-8-19-13(18)17-6-4-10(5-7-17)11-9(2)12(14)16-15-11/h3,10H,1,4-8H2,2H3,(H3,14,15,16). The van der Waals surface area contributed by atoms with Crippen LogP contribution in [0.15, 0.2) is 12.7 Å². The van der Waals surface area contributed by atoms with Crippen LogP contribution in [-0.2, 0) is 4.74 Å². The lowest BCUT2D eigenvalue weighted by Crippen LogP contribution is -2.38. The largest absolute Gasteiger partial charge is 0.445 e. The molecule has 6 heteroatoms. The first-order valence-corrected chi connectivity index (χ1v) is 6.46. The third kappa shape index (κ3) is 2.89. The maximum atomic E-state index is 11.7. The molecule has 1 amide bonds. The van der Waals surface area contributed by atoms with E-state index in [-0.39, 0.29) is 12.7 Å². The molecule has 0 unspecified atom stereocenters. The highest BCUT2D eigenvalue weighted by Gasteiger charge is 2.26. The summed E-state index contributed by atoms with van der Waals surface area (Å²) >= 11 is 0. The Balaban J connectivity index is 1.90. The number of H-pyrrole nitrogens is 1. The van der Waals surface area contributed by atoms with Crippen LogP contribution in [0.1, 0.15) is 30.0 Å². The van der Waals surface area contributed by atoms with Crippen LogP contribution in [0.3, 0.4) is 0 Å². The van der Waals surface area contributed by atoms with E-state index in [1.165, 1.54) is 0 Å². The van der Waals surface area contributed by atoms with Crippen molar-refractivity contribution in [1.29, 1.82) is 0 Å². The van der Waals surface area contributed by atoms with Crippen molar-refractivity contribution >= 4 is 11.9 Å². The average molecular weight is 264 g/mol. The molecule has 0 bridgehead atoms. The summed E-state index contributed by atoms with van der Waals surface area (Å²) in [6.45, 7) is 7.14. The number of rotatable bonds is 3. The normalized spacial score (nSPS) is 16.4. The van der Waals surface area contributed by atoms with Gasteiger partial charge in [-0.1, -0.05) is 12.7 Å². The Kier molecular flexibility index (Phi) is 4.09. The Labute approximate surface area is 112 Å². The molecule has 0 radical (unpaired) electrons. The van der Waals surface area contributed by atoms with Gasteiger partial charge in [0.2, 0.25) is 0 Å². The molecule has 2 rings (SSSR count). The molecule has 104 valence electrons. The molecule has 0 atom stereocenters. The number of piperidine rings is 1. The monoisotopic (exact) mass is 264 g/mol. The zero-order valence-corrected chi connectivity index (χ0v) is 11.2. The number of carbonyl (C=O) groups excluding carboxylic acids is 1. The fourth-order valence-electron chi connectivity index (χ4n) is 2.40. The van der Waals surface area contributed by atoms with Gasteiger partial charge in [0, 0.05) is 30.3 Å². The van der Waals surface area contributed by atoms with Crippen LogP contribution in [0.2, 0.25) is 0 Å². The number of aromatic amines is 1. The minimum atomic E-state index is -0.265. The van der Waals surface area contributed by atoms with Gasteiger partial charge in [0.25, 0.3) is 0 Å². The van der Waals surface area contributed by atoms with Crippen LogP contribution in [-0.4, -0.2) is 40.9 Å². The molecule has 0 spiro atoms. The van der Waals surface area contributed by atoms with Crippen molar-refractivity contribution in [3.8, 4) is 0 Å². The predicted octanol–water partition coefficient (Wildman–Crippen LogP) is 1.80. The van der Waals surface area contributed by atoms with Gasteiger partial charge in [-0.3, -0.25) is 5.10 Å². The quantitative estimate of drug-likeness (QED) is 0.815. The summed E-state index contributed by atoms with van der Waals surface area (Å²) in [5.41, 5.74) is 7.86. The number of nitrogens with one attached hydrogen (secondary N) is 1. The van der Waals surface area contributed by atoms with Crippen LogP contribution < -0.4 is 5.73 Å². The van der Waals surface area contributed by atoms with Gasteiger partial charge in [-0.15, -0.1) is 0 Å². The summed E-state index contributed by atoms with van der Waals surface area (Å²) in [4.78, 5) is 13.4. The Bertz CT molecular complexity index is 461. The highest BCUT2D eigenvalue weighted by molar-refractivity contribution is 5.67. The van der Waals surface area contributed by atoms with Crippen molar-refractivity contribution in [2.75, 3.05) is 25.4 Å². The Morgan fingerprint density at radius 1 is 1.63 bits per heavy atom. The Morgan fingerprint density at radius 2 is 2.32 bits per heavy atom. The van der Waals surface area contributed by atoms with Crippen molar-refractivity contribution in [2.24, 2.45) is 0 Å². The summed E-state index contributed by atoms with van der Waals surface area (Å²) in [5.74, 6) is 0.941. The molecule has 1 fully saturated rings. The van der Waals surface area contributed by atoms with E-state index in [4.69, 9.17) is 10.5 Å². The Morgan fingerprint density at radius 3 is 2.84 bits per heavy atom. The maximum absolute atomic E-state index is 11.7. The maximum Gasteiger partial charge on any atom is 0.410 e. The third-order valence-corrected chi connectivity index (χ3v) is 3.57. The summed E-state index contributed by atoms with van der Waals surface area (Å²) in [6, 6.07) is 0. The summed E-state index contributed by atoms with van der Waals surface area (Å²) in [5, 5.41) is 7.02. The summed E-state index contributed by atoms with van der Waals surface area (Å²) in [6.07, 6.45) is 3.10. The second-order valence-electron chi connectivity index (χ2n) is 4.77. The molecule has 0 saturated carbocycles. The molecule has 1 aliphatic rings. The van der Waals surface area contributed by atoms with E-state index in [9.17, 15) is 4.79 Å². The third-order valence-electron chi connectivity index (χ3n) is 3.57.